The maximum atomic E-state index is 12.3. The number of rotatable bonds is 3. The Morgan fingerprint density at radius 1 is 1.38 bits per heavy atom. The van der Waals surface area contributed by atoms with E-state index < -0.39 is 6.10 Å². The molecular weight excluding hydrogens is 266 g/mol. The first kappa shape index (κ1) is 14.0. The van der Waals surface area contributed by atoms with Crippen molar-refractivity contribution in [1.82, 2.24) is 4.98 Å². The number of pyridine rings is 1. The summed E-state index contributed by atoms with van der Waals surface area (Å²) in [6, 6.07) is 9.72. The first-order valence-corrected chi connectivity index (χ1v) is 7.20. The van der Waals surface area contributed by atoms with Gasteiger partial charge in [-0.05, 0) is 31.9 Å². The third kappa shape index (κ3) is 2.89. The Morgan fingerprint density at radius 3 is 3.00 bits per heavy atom. The topological polar surface area (TPSA) is 77.2 Å². The second kappa shape index (κ2) is 5.79. The second-order valence-corrected chi connectivity index (χ2v) is 5.38. The van der Waals surface area contributed by atoms with Gasteiger partial charge in [-0.2, -0.15) is 0 Å². The zero-order chi connectivity index (χ0) is 14.8. The van der Waals surface area contributed by atoms with Gasteiger partial charge in [0.1, 0.15) is 6.10 Å². The molecule has 0 saturated carbocycles. The van der Waals surface area contributed by atoms with Crippen molar-refractivity contribution in [3.05, 3.63) is 36.0 Å². The Bertz CT molecular complexity index is 672. The van der Waals surface area contributed by atoms with Crippen molar-refractivity contribution < 1.29 is 9.53 Å². The predicted octanol–water partition coefficient (Wildman–Crippen LogP) is 1.99. The maximum Gasteiger partial charge on any atom is 0.253 e. The summed E-state index contributed by atoms with van der Waals surface area (Å²) < 4.78 is 5.62. The van der Waals surface area contributed by atoms with Crippen LogP contribution in [0.5, 0.6) is 0 Å². The van der Waals surface area contributed by atoms with Gasteiger partial charge in [-0.25, -0.2) is 0 Å². The summed E-state index contributed by atoms with van der Waals surface area (Å²) in [6.07, 6.45) is 1.12. The standard InChI is InChI=1S/C16H19N3O2/c1-10-5-6-11-3-2-4-13(15(11)18-10)19-16(20)14-8-7-12(9-17)21-14/h2-6,12,14H,7-9,17H2,1H3,(H,19,20). The summed E-state index contributed by atoms with van der Waals surface area (Å²) in [5.74, 6) is -0.123. The SMILES string of the molecule is Cc1ccc2cccc(NC(=O)C3CCC(CN)O3)c2n1. The van der Waals surface area contributed by atoms with Crippen LogP contribution in [0.3, 0.4) is 0 Å². The number of benzene rings is 1. The Labute approximate surface area is 123 Å². The second-order valence-electron chi connectivity index (χ2n) is 5.38. The van der Waals surface area contributed by atoms with Crippen molar-refractivity contribution in [2.24, 2.45) is 5.73 Å². The molecule has 1 aromatic carbocycles. The molecule has 3 rings (SSSR count). The number of hydrogen-bond acceptors (Lipinski definition) is 4. The average Bonchev–Trinajstić information content (AvgIpc) is 2.97. The van der Waals surface area contributed by atoms with Crippen molar-refractivity contribution in [1.29, 1.82) is 0 Å². The largest absolute Gasteiger partial charge is 0.364 e. The number of aryl methyl sites for hydroxylation is 1. The summed E-state index contributed by atoms with van der Waals surface area (Å²) >= 11 is 0. The average molecular weight is 285 g/mol. The molecule has 0 aliphatic carbocycles. The minimum Gasteiger partial charge on any atom is -0.364 e. The van der Waals surface area contributed by atoms with Gasteiger partial charge >= 0.3 is 0 Å². The molecule has 1 aliphatic heterocycles. The molecule has 1 amide bonds. The smallest absolute Gasteiger partial charge is 0.253 e. The Hall–Kier alpha value is -1.98. The number of hydrogen-bond donors (Lipinski definition) is 2. The van der Waals surface area contributed by atoms with Crippen LogP contribution in [-0.2, 0) is 9.53 Å². The van der Waals surface area contributed by atoms with E-state index in [0.29, 0.717) is 13.0 Å². The van der Waals surface area contributed by atoms with Crippen LogP contribution in [-0.4, -0.2) is 29.6 Å². The van der Waals surface area contributed by atoms with Crippen molar-refractivity contribution in [3.8, 4) is 0 Å². The van der Waals surface area contributed by atoms with Crippen LogP contribution in [0.25, 0.3) is 10.9 Å². The Morgan fingerprint density at radius 2 is 2.24 bits per heavy atom. The number of aromatic nitrogens is 1. The molecule has 2 aromatic rings. The molecule has 1 fully saturated rings. The molecule has 0 spiro atoms. The van der Waals surface area contributed by atoms with Gasteiger partial charge in [0.2, 0.25) is 0 Å². The molecule has 2 atom stereocenters. The van der Waals surface area contributed by atoms with E-state index in [9.17, 15) is 4.79 Å². The lowest BCUT2D eigenvalue weighted by Crippen LogP contribution is -2.29. The summed E-state index contributed by atoms with van der Waals surface area (Å²) in [7, 11) is 0. The highest BCUT2D eigenvalue weighted by Gasteiger charge is 2.30. The lowest BCUT2D eigenvalue weighted by Gasteiger charge is -2.14. The first-order chi connectivity index (χ1) is 10.2. The van der Waals surface area contributed by atoms with Gasteiger partial charge in [-0.15, -0.1) is 0 Å². The van der Waals surface area contributed by atoms with Crippen LogP contribution in [0.15, 0.2) is 30.3 Å². The number of para-hydroxylation sites is 1. The molecular formula is C16H19N3O2. The summed E-state index contributed by atoms with van der Waals surface area (Å²) in [5, 5.41) is 3.94. The van der Waals surface area contributed by atoms with Gasteiger partial charge in [0, 0.05) is 17.6 Å². The van der Waals surface area contributed by atoms with Crippen LogP contribution in [0.2, 0.25) is 0 Å². The number of fused-ring (bicyclic) bond motifs is 1. The zero-order valence-corrected chi connectivity index (χ0v) is 12.0. The van der Waals surface area contributed by atoms with Gasteiger partial charge in [0.25, 0.3) is 5.91 Å². The molecule has 110 valence electrons. The van der Waals surface area contributed by atoms with E-state index in [4.69, 9.17) is 10.5 Å². The van der Waals surface area contributed by atoms with Crippen LogP contribution in [0, 0.1) is 6.92 Å². The van der Waals surface area contributed by atoms with Gasteiger partial charge in [0.15, 0.2) is 0 Å². The van der Waals surface area contributed by atoms with E-state index in [1.807, 2.05) is 37.3 Å². The van der Waals surface area contributed by atoms with Gasteiger partial charge in [-0.3, -0.25) is 9.78 Å². The summed E-state index contributed by atoms with van der Waals surface area (Å²) in [4.78, 5) is 16.8. The van der Waals surface area contributed by atoms with Gasteiger partial charge in [0.05, 0.1) is 17.3 Å². The highest BCUT2D eigenvalue weighted by molar-refractivity contribution is 6.02. The fourth-order valence-corrected chi connectivity index (χ4v) is 2.63. The monoisotopic (exact) mass is 285 g/mol. The number of nitrogens with one attached hydrogen (secondary N) is 1. The summed E-state index contributed by atoms with van der Waals surface area (Å²) in [5.41, 5.74) is 8.02. The van der Waals surface area contributed by atoms with Crippen molar-refractivity contribution >= 4 is 22.5 Å². The molecule has 5 nitrogen and oxygen atoms in total. The van der Waals surface area contributed by atoms with Crippen molar-refractivity contribution in [3.63, 3.8) is 0 Å². The van der Waals surface area contributed by atoms with Crippen molar-refractivity contribution in [2.45, 2.75) is 32.0 Å². The molecule has 3 N–H and O–H groups in total. The number of carbonyl (C=O) groups excluding carboxylic acids is 1. The number of ether oxygens (including phenoxy) is 1. The zero-order valence-electron chi connectivity index (χ0n) is 12.0. The minimum absolute atomic E-state index is 0.00589. The minimum atomic E-state index is -0.418. The molecule has 0 bridgehead atoms. The number of carbonyl (C=O) groups is 1. The molecule has 21 heavy (non-hydrogen) atoms. The van der Waals surface area contributed by atoms with Crippen LogP contribution in [0.4, 0.5) is 5.69 Å². The molecule has 2 heterocycles. The van der Waals surface area contributed by atoms with Crippen LogP contribution < -0.4 is 11.1 Å². The maximum absolute atomic E-state index is 12.3. The highest BCUT2D eigenvalue weighted by Crippen LogP contribution is 2.24. The first-order valence-electron chi connectivity index (χ1n) is 7.20. The molecule has 1 aliphatic rings. The van der Waals surface area contributed by atoms with Crippen molar-refractivity contribution in [2.75, 3.05) is 11.9 Å². The van der Waals surface area contributed by atoms with E-state index in [1.54, 1.807) is 0 Å². The summed E-state index contributed by atoms with van der Waals surface area (Å²) in [6.45, 7) is 2.39. The lowest BCUT2D eigenvalue weighted by atomic mass is 10.1. The number of amides is 1. The fraction of sp³-hybridized carbons (Fsp3) is 0.375. The molecule has 1 aromatic heterocycles. The Kier molecular flexibility index (Phi) is 3.86. The normalized spacial score (nSPS) is 21.6. The number of nitrogens with two attached hydrogens (primary N) is 1. The van der Waals surface area contributed by atoms with E-state index in [1.165, 1.54) is 0 Å². The van der Waals surface area contributed by atoms with E-state index >= 15 is 0 Å². The third-order valence-electron chi connectivity index (χ3n) is 3.78. The highest BCUT2D eigenvalue weighted by atomic mass is 16.5. The van der Waals surface area contributed by atoms with E-state index in [-0.39, 0.29) is 12.0 Å². The van der Waals surface area contributed by atoms with Crippen LogP contribution >= 0.6 is 0 Å². The molecule has 2 unspecified atom stereocenters. The van der Waals surface area contributed by atoms with Gasteiger partial charge < -0.3 is 15.8 Å². The van der Waals surface area contributed by atoms with Gasteiger partial charge in [-0.1, -0.05) is 18.2 Å². The molecule has 5 heteroatoms. The van der Waals surface area contributed by atoms with E-state index in [2.05, 4.69) is 10.3 Å². The predicted molar refractivity (Wildman–Crippen MR) is 82.1 cm³/mol. The van der Waals surface area contributed by atoms with Crippen LogP contribution in [0.1, 0.15) is 18.5 Å². The third-order valence-corrected chi connectivity index (χ3v) is 3.78. The number of nitrogens with zero attached hydrogens (tertiary/aromatic N) is 1. The fourth-order valence-electron chi connectivity index (χ4n) is 2.63. The number of anilines is 1. The lowest BCUT2D eigenvalue weighted by molar-refractivity contribution is -0.126. The molecule has 1 saturated heterocycles. The molecule has 0 radical (unpaired) electrons. The Balaban J connectivity index is 1.82. The quantitative estimate of drug-likeness (QED) is 0.904. The van der Waals surface area contributed by atoms with E-state index in [0.717, 1.165) is 28.7 Å².